The number of aromatic amines is 1. The van der Waals surface area contributed by atoms with E-state index in [-0.39, 0.29) is 11.8 Å². The maximum absolute atomic E-state index is 13.9. The summed E-state index contributed by atoms with van der Waals surface area (Å²) in [6.07, 6.45) is 0.650. The molecular formula is C19H16FN3O2. The molecule has 2 heterocycles. The van der Waals surface area contributed by atoms with E-state index in [1.807, 2.05) is 12.1 Å². The van der Waals surface area contributed by atoms with E-state index >= 15 is 0 Å². The molecular weight excluding hydrogens is 321 g/mol. The van der Waals surface area contributed by atoms with Gasteiger partial charge in [-0.3, -0.25) is 9.59 Å². The van der Waals surface area contributed by atoms with Crippen molar-refractivity contribution < 1.29 is 14.0 Å². The Labute approximate surface area is 143 Å². The van der Waals surface area contributed by atoms with Gasteiger partial charge in [0.25, 0.3) is 11.8 Å². The molecule has 6 heteroatoms. The highest BCUT2D eigenvalue weighted by molar-refractivity contribution is 6.10. The van der Waals surface area contributed by atoms with Crippen molar-refractivity contribution >= 4 is 22.7 Å². The molecule has 0 saturated carbocycles. The van der Waals surface area contributed by atoms with Gasteiger partial charge in [-0.05, 0) is 41.8 Å². The van der Waals surface area contributed by atoms with Gasteiger partial charge in [-0.15, -0.1) is 0 Å². The van der Waals surface area contributed by atoms with Crippen LogP contribution < -0.4 is 10.6 Å². The first kappa shape index (κ1) is 15.4. The molecule has 0 fully saturated rings. The van der Waals surface area contributed by atoms with Gasteiger partial charge < -0.3 is 15.6 Å². The largest absolute Gasteiger partial charge is 0.355 e. The number of rotatable bonds is 2. The first-order valence-electron chi connectivity index (χ1n) is 8.03. The Bertz CT molecular complexity index is 1010. The highest BCUT2D eigenvalue weighted by atomic mass is 19.1. The van der Waals surface area contributed by atoms with Gasteiger partial charge >= 0.3 is 0 Å². The number of H-pyrrole nitrogens is 1. The van der Waals surface area contributed by atoms with Crippen LogP contribution in [0.15, 0.2) is 36.4 Å². The van der Waals surface area contributed by atoms with Gasteiger partial charge in [-0.1, -0.05) is 12.1 Å². The third-order valence-electron chi connectivity index (χ3n) is 4.53. The molecule has 25 heavy (non-hydrogen) atoms. The number of amides is 2. The topological polar surface area (TPSA) is 74.0 Å². The van der Waals surface area contributed by atoms with E-state index in [1.165, 1.54) is 12.1 Å². The van der Waals surface area contributed by atoms with Gasteiger partial charge in [0.2, 0.25) is 0 Å². The molecule has 0 aliphatic carbocycles. The van der Waals surface area contributed by atoms with Gasteiger partial charge in [0.05, 0.1) is 5.56 Å². The minimum absolute atomic E-state index is 0.152. The van der Waals surface area contributed by atoms with Crippen LogP contribution in [0.4, 0.5) is 4.39 Å². The molecule has 0 radical (unpaired) electrons. The van der Waals surface area contributed by atoms with E-state index in [2.05, 4.69) is 15.6 Å². The predicted molar refractivity (Wildman–Crippen MR) is 93.1 cm³/mol. The molecule has 1 aliphatic rings. The van der Waals surface area contributed by atoms with E-state index in [1.54, 1.807) is 19.2 Å². The summed E-state index contributed by atoms with van der Waals surface area (Å²) >= 11 is 0. The van der Waals surface area contributed by atoms with Crippen molar-refractivity contribution in [3.8, 4) is 11.3 Å². The number of aromatic nitrogens is 1. The second kappa shape index (κ2) is 5.73. The Hall–Kier alpha value is -3.15. The average molecular weight is 337 g/mol. The van der Waals surface area contributed by atoms with Crippen LogP contribution in [0.2, 0.25) is 0 Å². The van der Waals surface area contributed by atoms with Gasteiger partial charge in [0.1, 0.15) is 5.82 Å². The molecule has 5 nitrogen and oxygen atoms in total. The Morgan fingerprint density at radius 3 is 2.68 bits per heavy atom. The summed E-state index contributed by atoms with van der Waals surface area (Å²) in [4.78, 5) is 27.1. The van der Waals surface area contributed by atoms with Gasteiger partial charge in [-0.25, -0.2) is 4.39 Å². The summed E-state index contributed by atoms with van der Waals surface area (Å²) in [5, 5.41) is 6.15. The molecule has 126 valence electrons. The lowest BCUT2D eigenvalue weighted by Crippen LogP contribution is -2.23. The molecule has 2 amide bonds. The summed E-state index contributed by atoms with van der Waals surface area (Å²) in [5.74, 6) is -0.863. The summed E-state index contributed by atoms with van der Waals surface area (Å²) in [7, 11) is 1.58. The fraction of sp³-hybridized carbons (Fsp3) is 0.158. The Morgan fingerprint density at radius 1 is 1.20 bits per heavy atom. The van der Waals surface area contributed by atoms with Crippen LogP contribution in [-0.2, 0) is 6.42 Å². The number of hydrogen-bond acceptors (Lipinski definition) is 2. The van der Waals surface area contributed by atoms with Crippen molar-refractivity contribution in [2.24, 2.45) is 0 Å². The molecule has 1 aliphatic heterocycles. The second-order valence-corrected chi connectivity index (χ2v) is 6.02. The van der Waals surface area contributed by atoms with Crippen LogP contribution in [0.25, 0.3) is 22.2 Å². The standard InChI is InChI=1S/C19H16FN3O2/c1-21-18(24)11-4-2-10(3-5-11)17-13-6-7-22-19(25)14-8-12(20)9-15(23-17)16(13)14/h2-5,8-9,23H,6-7H2,1H3,(H,21,24)(H,22,25). The number of benzene rings is 2. The SMILES string of the molecule is CNC(=O)c1ccc(-c2[nH]c3cc(F)cc4c3c2CCNC4=O)cc1. The van der Waals surface area contributed by atoms with E-state index in [4.69, 9.17) is 0 Å². The van der Waals surface area contributed by atoms with E-state index in [0.717, 1.165) is 22.2 Å². The van der Waals surface area contributed by atoms with Crippen LogP contribution in [0.3, 0.4) is 0 Å². The zero-order chi connectivity index (χ0) is 17.6. The van der Waals surface area contributed by atoms with Crippen molar-refractivity contribution in [2.45, 2.75) is 6.42 Å². The molecule has 0 bridgehead atoms. The monoisotopic (exact) mass is 337 g/mol. The van der Waals surface area contributed by atoms with Crippen LogP contribution in [0, 0.1) is 5.82 Å². The van der Waals surface area contributed by atoms with Crippen LogP contribution in [0.1, 0.15) is 26.3 Å². The second-order valence-electron chi connectivity index (χ2n) is 6.02. The number of carbonyl (C=O) groups is 2. The average Bonchev–Trinajstić information content (AvgIpc) is 2.89. The van der Waals surface area contributed by atoms with Crippen LogP contribution in [-0.4, -0.2) is 30.4 Å². The van der Waals surface area contributed by atoms with Crippen molar-refractivity contribution in [3.05, 3.63) is 58.9 Å². The van der Waals surface area contributed by atoms with Crippen molar-refractivity contribution in [2.75, 3.05) is 13.6 Å². The first-order valence-corrected chi connectivity index (χ1v) is 8.03. The van der Waals surface area contributed by atoms with Gasteiger partial charge in [-0.2, -0.15) is 0 Å². The van der Waals surface area contributed by atoms with Crippen molar-refractivity contribution in [1.82, 2.24) is 15.6 Å². The lowest BCUT2D eigenvalue weighted by atomic mass is 9.99. The Balaban J connectivity index is 1.91. The number of hydrogen-bond donors (Lipinski definition) is 3. The molecule has 0 spiro atoms. The molecule has 4 rings (SSSR count). The lowest BCUT2D eigenvalue weighted by Gasteiger charge is -2.05. The number of nitrogens with one attached hydrogen (secondary N) is 3. The minimum atomic E-state index is -0.450. The maximum atomic E-state index is 13.9. The van der Waals surface area contributed by atoms with Crippen molar-refractivity contribution in [1.29, 1.82) is 0 Å². The Kier molecular flexibility index (Phi) is 3.53. The van der Waals surface area contributed by atoms with Gasteiger partial charge in [0, 0.05) is 35.8 Å². The number of carbonyl (C=O) groups excluding carboxylic acids is 2. The third kappa shape index (κ3) is 2.46. The van der Waals surface area contributed by atoms with E-state index in [9.17, 15) is 14.0 Å². The Morgan fingerprint density at radius 2 is 1.96 bits per heavy atom. The zero-order valence-corrected chi connectivity index (χ0v) is 13.6. The molecule has 0 saturated heterocycles. The molecule has 0 atom stereocenters. The fourth-order valence-electron chi connectivity index (χ4n) is 3.37. The smallest absolute Gasteiger partial charge is 0.252 e. The van der Waals surface area contributed by atoms with E-state index in [0.29, 0.717) is 29.6 Å². The zero-order valence-electron chi connectivity index (χ0n) is 13.6. The van der Waals surface area contributed by atoms with E-state index < -0.39 is 5.82 Å². The quantitative estimate of drug-likeness (QED) is 0.672. The highest BCUT2D eigenvalue weighted by Crippen LogP contribution is 2.34. The lowest BCUT2D eigenvalue weighted by molar-refractivity contribution is 0.0951. The normalized spacial score (nSPS) is 13.4. The maximum Gasteiger partial charge on any atom is 0.252 e. The van der Waals surface area contributed by atoms with Gasteiger partial charge in [0.15, 0.2) is 0 Å². The first-order chi connectivity index (χ1) is 12.1. The summed E-state index contributed by atoms with van der Waals surface area (Å²) in [6.45, 7) is 0.491. The van der Waals surface area contributed by atoms with Crippen LogP contribution in [0.5, 0.6) is 0 Å². The number of halogens is 1. The molecule has 2 aromatic carbocycles. The van der Waals surface area contributed by atoms with Crippen LogP contribution >= 0.6 is 0 Å². The highest BCUT2D eigenvalue weighted by Gasteiger charge is 2.23. The predicted octanol–water partition coefficient (Wildman–Crippen LogP) is 2.62. The summed E-state index contributed by atoms with van der Waals surface area (Å²) in [5.41, 5.74) is 4.24. The summed E-state index contributed by atoms with van der Waals surface area (Å²) in [6, 6.07) is 9.87. The summed E-state index contributed by atoms with van der Waals surface area (Å²) < 4.78 is 13.9. The molecule has 0 unspecified atom stereocenters. The molecule has 3 N–H and O–H groups in total. The third-order valence-corrected chi connectivity index (χ3v) is 4.53. The van der Waals surface area contributed by atoms with Crippen molar-refractivity contribution in [3.63, 3.8) is 0 Å². The molecule has 3 aromatic rings. The molecule has 1 aromatic heterocycles. The minimum Gasteiger partial charge on any atom is -0.355 e. The fourth-order valence-corrected chi connectivity index (χ4v) is 3.37.